The molecule has 192 valence electrons. The van der Waals surface area contributed by atoms with Gasteiger partial charge < -0.3 is 15.2 Å². The van der Waals surface area contributed by atoms with Crippen LogP contribution in [0.5, 0.6) is 5.75 Å². The van der Waals surface area contributed by atoms with Gasteiger partial charge in [0.25, 0.3) is 5.91 Å². The summed E-state index contributed by atoms with van der Waals surface area (Å²) in [4.78, 5) is 35.7. The van der Waals surface area contributed by atoms with Crippen LogP contribution in [0, 0.1) is 23.4 Å². The molecule has 2 aliphatic carbocycles. The molecule has 6 nitrogen and oxygen atoms in total. The van der Waals surface area contributed by atoms with Crippen molar-refractivity contribution < 1.29 is 37.4 Å². The zero-order valence-electron chi connectivity index (χ0n) is 19.7. The van der Waals surface area contributed by atoms with Crippen molar-refractivity contribution in [3.8, 4) is 5.75 Å². The number of nitrogens with one attached hydrogen (secondary N) is 1. The first-order valence-corrected chi connectivity index (χ1v) is 12.2. The summed E-state index contributed by atoms with van der Waals surface area (Å²) in [5.41, 5.74) is 0.398. The van der Waals surface area contributed by atoms with Crippen molar-refractivity contribution in [3.63, 3.8) is 0 Å². The summed E-state index contributed by atoms with van der Waals surface area (Å²) in [5, 5.41) is 11.7. The Bertz CT molecular complexity index is 1160. The quantitative estimate of drug-likeness (QED) is 0.335. The highest BCUT2D eigenvalue weighted by Crippen LogP contribution is 2.41. The van der Waals surface area contributed by atoms with Gasteiger partial charge in [0.1, 0.15) is 5.82 Å². The van der Waals surface area contributed by atoms with E-state index in [0.29, 0.717) is 31.2 Å². The third kappa shape index (κ3) is 6.06. The maximum atomic E-state index is 14.6. The first-order valence-electron chi connectivity index (χ1n) is 12.2. The first-order chi connectivity index (χ1) is 17.2. The molecule has 2 aliphatic rings. The van der Waals surface area contributed by atoms with E-state index in [4.69, 9.17) is 9.84 Å². The molecular weight excluding hydrogens is 475 g/mol. The Kier molecular flexibility index (Phi) is 7.96. The number of ether oxygens (including phenoxy) is 1. The Balaban J connectivity index is 1.25. The second-order valence-electron chi connectivity index (χ2n) is 9.46. The van der Waals surface area contributed by atoms with E-state index in [-0.39, 0.29) is 36.6 Å². The molecule has 0 saturated heterocycles. The second kappa shape index (κ2) is 11.1. The highest BCUT2D eigenvalue weighted by Gasteiger charge is 2.29. The number of benzene rings is 2. The zero-order chi connectivity index (χ0) is 25.8. The molecule has 2 N–H and O–H groups in total. The number of hydrogen-bond acceptors (Lipinski definition) is 4. The number of amides is 1. The number of hydrogen-bond donors (Lipinski definition) is 2. The maximum absolute atomic E-state index is 14.6. The van der Waals surface area contributed by atoms with Crippen LogP contribution in [0.1, 0.15) is 83.6 Å². The molecule has 1 amide bonds. The highest BCUT2D eigenvalue weighted by molar-refractivity contribution is 5.96. The van der Waals surface area contributed by atoms with Gasteiger partial charge in [-0.25, -0.2) is 8.78 Å². The summed E-state index contributed by atoms with van der Waals surface area (Å²) in [6.45, 7) is 0.112. The fraction of sp³-hybridized carbons (Fsp3) is 0.444. The summed E-state index contributed by atoms with van der Waals surface area (Å²) in [6, 6.07) is 6.76. The Morgan fingerprint density at radius 1 is 0.944 bits per heavy atom. The molecular formula is C27H28F3NO5. The third-order valence-corrected chi connectivity index (χ3v) is 6.81. The van der Waals surface area contributed by atoms with Gasteiger partial charge in [-0.2, -0.15) is 4.39 Å². The Morgan fingerprint density at radius 2 is 1.67 bits per heavy atom. The van der Waals surface area contributed by atoms with Gasteiger partial charge in [-0.3, -0.25) is 14.4 Å². The molecule has 36 heavy (non-hydrogen) atoms. The fourth-order valence-corrected chi connectivity index (χ4v) is 4.53. The smallest absolute Gasteiger partial charge is 0.306 e. The molecule has 0 unspecified atom stereocenters. The van der Waals surface area contributed by atoms with Gasteiger partial charge in [-0.05, 0) is 80.7 Å². The molecule has 0 radical (unpaired) electrons. The van der Waals surface area contributed by atoms with Crippen LogP contribution >= 0.6 is 0 Å². The second-order valence-corrected chi connectivity index (χ2v) is 9.46. The number of ketones is 1. The SMILES string of the molecule is O=C(NCCCC(=O)c1ccc(OC2CCC(C(=O)O)CC2)c(F)c1F)c1ccc(C2CC2)c(F)c1. The summed E-state index contributed by atoms with van der Waals surface area (Å²) in [5.74, 6) is -5.45. The average Bonchev–Trinajstić information content (AvgIpc) is 3.70. The van der Waals surface area contributed by atoms with Crippen molar-refractivity contribution in [1.82, 2.24) is 5.32 Å². The minimum absolute atomic E-state index is 0.112. The normalized spacial score (nSPS) is 19.5. The van der Waals surface area contributed by atoms with Crippen LogP contribution in [0.2, 0.25) is 0 Å². The number of carboxylic acids is 1. The van der Waals surface area contributed by atoms with Crippen molar-refractivity contribution >= 4 is 17.7 Å². The number of halogens is 3. The van der Waals surface area contributed by atoms with Gasteiger partial charge in [0.15, 0.2) is 17.3 Å². The summed E-state index contributed by atoms with van der Waals surface area (Å²) >= 11 is 0. The van der Waals surface area contributed by atoms with E-state index in [1.807, 2.05) is 0 Å². The zero-order valence-corrected chi connectivity index (χ0v) is 19.7. The predicted octanol–water partition coefficient (Wildman–Crippen LogP) is 5.40. The molecule has 0 aromatic heterocycles. The van der Waals surface area contributed by atoms with Crippen LogP contribution in [0.15, 0.2) is 30.3 Å². The molecule has 0 atom stereocenters. The van der Waals surface area contributed by atoms with Crippen molar-refractivity contribution in [2.75, 3.05) is 6.54 Å². The van der Waals surface area contributed by atoms with Gasteiger partial charge in [0.05, 0.1) is 17.6 Å². The minimum Gasteiger partial charge on any atom is -0.487 e. The molecule has 2 fully saturated rings. The Morgan fingerprint density at radius 3 is 2.31 bits per heavy atom. The number of carbonyl (C=O) groups is 3. The lowest BCUT2D eigenvalue weighted by molar-refractivity contribution is -0.143. The van der Waals surface area contributed by atoms with Crippen LogP contribution in [0.3, 0.4) is 0 Å². The molecule has 2 aromatic rings. The first kappa shape index (κ1) is 25.7. The topological polar surface area (TPSA) is 92.7 Å². The lowest BCUT2D eigenvalue weighted by atomic mass is 9.87. The summed E-state index contributed by atoms with van der Waals surface area (Å²) < 4.78 is 48.8. The van der Waals surface area contributed by atoms with Crippen molar-refractivity contribution in [2.45, 2.75) is 63.4 Å². The molecule has 0 aliphatic heterocycles. The minimum atomic E-state index is -1.30. The molecule has 0 spiro atoms. The molecule has 2 aromatic carbocycles. The van der Waals surface area contributed by atoms with Crippen LogP contribution in [0.25, 0.3) is 0 Å². The van der Waals surface area contributed by atoms with Gasteiger partial charge in [0.2, 0.25) is 5.82 Å². The van der Waals surface area contributed by atoms with Crippen LogP contribution in [0.4, 0.5) is 13.2 Å². The number of rotatable bonds is 10. The van der Waals surface area contributed by atoms with Crippen LogP contribution in [-0.2, 0) is 4.79 Å². The van der Waals surface area contributed by atoms with Gasteiger partial charge >= 0.3 is 5.97 Å². The highest BCUT2D eigenvalue weighted by atomic mass is 19.2. The van der Waals surface area contributed by atoms with E-state index in [2.05, 4.69) is 5.32 Å². The summed E-state index contributed by atoms with van der Waals surface area (Å²) in [7, 11) is 0. The number of Topliss-reactive ketones (excluding diaryl/α,β-unsaturated/α-hetero) is 1. The number of carbonyl (C=O) groups excluding carboxylic acids is 2. The molecule has 0 bridgehead atoms. The van der Waals surface area contributed by atoms with Gasteiger partial charge in [-0.1, -0.05) is 6.07 Å². The van der Waals surface area contributed by atoms with E-state index in [9.17, 15) is 27.6 Å². The van der Waals surface area contributed by atoms with Crippen LogP contribution < -0.4 is 10.1 Å². The fourth-order valence-electron chi connectivity index (χ4n) is 4.53. The Labute approximate surface area is 206 Å². The molecule has 9 heteroatoms. The number of aliphatic carboxylic acids is 1. The number of carboxylic acid groups (broad SMARTS) is 1. The van der Waals surface area contributed by atoms with E-state index < -0.39 is 52.7 Å². The molecule has 0 heterocycles. The van der Waals surface area contributed by atoms with Crippen LogP contribution in [-0.4, -0.2) is 35.4 Å². The maximum Gasteiger partial charge on any atom is 0.306 e. The monoisotopic (exact) mass is 503 g/mol. The predicted molar refractivity (Wildman–Crippen MR) is 125 cm³/mol. The van der Waals surface area contributed by atoms with Crippen molar-refractivity contribution in [3.05, 3.63) is 64.5 Å². The third-order valence-electron chi connectivity index (χ3n) is 6.81. The van der Waals surface area contributed by atoms with Crippen molar-refractivity contribution in [2.24, 2.45) is 5.92 Å². The van der Waals surface area contributed by atoms with E-state index in [1.165, 1.54) is 18.2 Å². The van der Waals surface area contributed by atoms with Crippen molar-refractivity contribution in [1.29, 1.82) is 0 Å². The molecule has 2 saturated carbocycles. The molecule has 4 rings (SSSR count). The largest absolute Gasteiger partial charge is 0.487 e. The average molecular weight is 504 g/mol. The standard InChI is InChI=1S/C27H28F3NO5/c28-21-14-17(7-10-19(21)15-3-4-15)26(33)31-13-1-2-22(32)20-11-12-23(25(30)24(20)29)36-18-8-5-16(6-9-18)27(34)35/h7,10-12,14-16,18H,1-6,8-9,13H2,(H,31,33)(H,34,35). The lowest BCUT2D eigenvalue weighted by Crippen LogP contribution is -2.28. The van der Waals surface area contributed by atoms with E-state index >= 15 is 0 Å². The van der Waals surface area contributed by atoms with Gasteiger partial charge in [-0.15, -0.1) is 0 Å². The lowest BCUT2D eigenvalue weighted by Gasteiger charge is -2.27. The summed E-state index contributed by atoms with van der Waals surface area (Å²) in [6.07, 6.45) is 3.19. The van der Waals surface area contributed by atoms with E-state index in [1.54, 1.807) is 12.1 Å². The Hall–Kier alpha value is -3.36. The van der Waals surface area contributed by atoms with Gasteiger partial charge in [0, 0.05) is 18.5 Å². The van der Waals surface area contributed by atoms with E-state index in [0.717, 1.165) is 12.8 Å².